The summed E-state index contributed by atoms with van der Waals surface area (Å²) in [5.41, 5.74) is -1.84. The van der Waals surface area contributed by atoms with Crippen LogP contribution >= 0.6 is 0 Å². The van der Waals surface area contributed by atoms with Crippen LogP contribution in [0, 0.1) is 10.1 Å². The first-order valence-corrected chi connectivity index (χ1v) is 8.72. The number of hydrogen-bond acceptors (Lipinski definition) is 9. The van der Waals surface area contributed by atoms with Crippen molar-refractivity contribution in [2.75, 3.05) is 27.3 Å². The number of amides is 2. The van der Waals surface area contributed by atoms with E-state index in [9.17, 15) is 29.3 Å². The van der Waals surface area contributed by atoms with Gasteiger partial charge in [0, 0.05) is 24.5 Å². The third-order valence-electron chi connectivity index (χ3n) is 4.62. The molecule has 158 valence electrons. The van der Waals surface area contributed by atoms with Gasteiger partial charge in [0.1, 0.15) is 11.6 Å². The van der Waals surface area contributed by atoms with Crippen LogP contribution < -0.4 is 15.7 Å². The van der Waals surface area contributed by atoms with E-state index in [0.717, 1.165) is 30.2 Å². The highest BCUT2D eigenvalue weighted by Crippen LogP contribution is 2.31. The smallest absolute Gasteiger partial charge is 0.349 e. The maximum absolute atomic E-state index is 13.0. The molecule has 2 aromatic rings. The van der Waals surface area contributed by atoms with Gasteiger partial charge in [-0.1, -0.05) is 0 Å². The van der Waals surface area contributed by atoms with Crippen LogP contribution in [0.15, 0.2) is 27.4 Å². The number of rotatable bonds is 5. The Morgan fingerprint density at radius 2 is 2.03 bits per heavy atom. The minimum atomic E-state index is -1.17. The van der Waals surface area contributed by atoms with E-state index in [1.54, 1.807) is 0 Å². The molecule has 1 fully saturated rings. The van der Waals surface area contributed by atoms with E-state index in [1.165, 1.54) is 7.11 Å². The number of carbonyl (C=O) groups is 3. The minimum Gasteiger partial charge on any atom is -0.493 e. The Kier molecular flexibility index (Phi) is 5.67. The molecule has 1 aliphatic rings. The SMILES string of the molecule is COC(=O)C[C@H]1C(=O)NCCN1C(=O)c1cc2cc([N+](=O)[O-])cc(OC)c2oc1=O. The van der Waals surface area contributed by atoms with Crippen LogP contribution in [0.4, 0.5) is 5.69 Å². The van der Waals surface area contributed by atoms with E-state index in [1.807, 2.05) is 0 Å². The molecule has 2 amide bonds. The summed E-state index contributed by atoms with van der Waals surface area (Å²) in [6.45, 7) is 0.169. The molecule has 1 atom stereocenters. The quantitative estimate of drug-likeness (QED) is 0.309. The molecular formula is C18H17N3O9. The van der Waals surface area contributed by atoms with E-state index >= 15 is 0 Å². The topological polar surface area (TPSA) is 158 Å². The Labute approximate surface area is 168 Å². The summed E-state index contributed by atoms with van der Waals surface area (Å²) < 4.78 is 14.8. The molecule has 0 unspecified atom stereocenters. The lowest BCUT2D eigenvalue weighted by Gasteiger charge is -2.34. The zero-order valence-electron chi connectivity index (χ0n) is 16.0. The number of nitro groups is 1. The highest BCUT2D eigenvalue weighted by molar-refractivity contribution is 6.01. The molecule has 0 radical (unpaired) electrons. The second kappa shape index (κ2) is 8.19. The molecule has 1 N–H and O–H groups in total. The van der Waals surface area contributed by atoms with Crippen LogP contribution in [0.2, 0.25) is 0 Å². The first-order valence-electron chi connectivity index (χ1n) is 8.72. The molecule has 1 aliphatic heterocycles. The Morgan fingerprint density at radius 3 is 2.67 bits per heavy atom. The van der Waals surface area contributed by atoms with Gasteiger partial charge in [0.15, 0.2) is 11.3 Å². The predicted octanol–water partition coefficient (Wildman–Crippen LogP) is 0.214. The van der Waals surface area contributed by atoms with E-state index in [4.69, 9.17) is 9.15 Å². The van der Waals surface area contributed by atoms with Crippen LogP contribution in [0.1, 0.15) is 16.8 Å². The molecule has 1 aromatic carbocycles. The van der Waals surface area contributed by atoms with Crippen LogP contribution in [-0.4, -0.2) is 61.0 Å². The standard InChI is InChI=1S/C18H17N3O9/c1-28-13-7-10(21(26)27)5-9-6-11(18(25)30-15(9)13)17(24)20-4-3-19-16(23)12(20)8-14(22)29-2/h5-7,12H,3-4,8H2,1-2H3,(H,19,23)/t12-/m0/s1. The van der Waals surface area contributed by atoms with Gasteiger partial charge < -0.3 is 24.1 Å². The summed E-state index contributed by atoms with van der Waals surface area (Å²) in [5, 5.41) is 13.8. The molecule has 1 saturated heterocycles. The largest absolute Gasteiger partial charge is 0.493 e. The number of hydrogen-bond donors (Lipinski definition) is 1. The summed E-state index contributed by atoms with van der Waals surface area (Å²) >= 11 is 0. The van der Waals surface area contributed by atoms with Crippen molar-refractivity contribution in [2.24, 2.45) is 0 Å². The molecule has 3 rings (SSSR count). The molecule has 1 aromatic heterocycles. The first-order chi connectivity index (χ1) is 14.3. The molecule has 30 heavy (non-hydrogen) atoms. The van der Waals surface area contributed by atoms with Crippen LogP contribution in [0.3, 0.4) is 0 Å². The van der Waals surface area contributed by atoms with Gasteiger partial charge in [-0.2, -0.15) is 0 Å². The summed E-state index contributed by atoms with van der Waals surface area (Å²) in [6, 6.07) is 2.19. The number of fused-ring (bicyclic) bond motifs is 1. The Balaban J connectivity index is 2.08. The van der Waals surface area contributed by atoms with Crippen molar-refractivity contribution < 1.29 is 33.2 Å². The van der Waals surface area contributed by atoms with Crippen molar-refractivity contribution in [1.29, 1.82) is 0 Å². The van der Waals surface area contributed by atoms with Gasteiger partial charge in [0.25, 0.3) is 11.6 Å². The van der Waals surface area contributed by atoms with Crippen LogP contribution in [0.25, 0.3) is 11.0 Å². The second-order valence-corrected chi connectivity index (χ2v) is 6.36. The number of esters is 1. The van der Waals surface area contributed by atoms with Gasteiger partial charge in [-0.25, -0.2) is 4.79 Å². The number of nitrogens with zero attached hydrogens (tertiary/aromatic N) is 2. The number of benzene rings is 1. The fourth-order valence-corrected chi connectivity index (χ4v) is 3.15. The van der Waals surface area contributed by atoms with Crippen molar-refractivity contribution in [2.45, 2.75) is 12.5 Å². The van der Waals surface area contributed by atoms with Gasteiger partial charge in [0.05, 0.1) is 31.6 Å². The highest BCUT2D eigenvalue weighted by Gasteiger charge is 2.36. The summed E-state index contributed by atoms with van der Waals surface area (Å²) in [5.74, 6) is -2.17. The molecule has 12 heteroatoms. The summed E-state index contributed by atoms with van der Waals surface area (Å²) in [4.78, 5) is 60.9. The molecule has 12 nitrogen and oxygen atoms in total. The first kappa shape index (κ1) is 20.8. The Morgan fingerprint density at radius 1 is 1.30 bits per heavy atom. The lowest BCUT2D eigenvalue weighted by atomic mass is 10.1. The number of ether oxygens (including phenoxy) is 2. The fraction of sp³-hybridized carbons (Fsp3) is 0.333. The average molecular weight is 419 g/mol. The van der Waals surface area contributed by atoms with Crippen molar-refractivity contribution in [3.8, 4) is 5.75 Å². The van der Waals surface area contributed by atoms with E-state index in [-0.39, 0.29) is 35.5 Å². The molecule has 0 aliphatic carbocycles. The normalized spacial score (nSPS) is 16.1. The summed E-state index contributed by atoms with van der Waals surface area (Å²) in [7, 11) is 2.40. The van der Waals surface area contributed by atoms with Crippen molar-refractivity contribution in [3.05, 3.63) is 44.3 Å². The predicted molar refractivity (Wildman–Crippen MR) is 100 cm³/mol. The zero-order valence-corrected chi connectivity index (χ0v) is 16.0. The van der Waals surface area contributed by atoms with E-state index in [0.29, 0.717) is 0 Å². The molecule has 0 bridgehead atoms. The monoisotopic (exact) mass is 419 g/mol. The number of carbonyl (C=O) groups excluding carboxylic acids is 3. The lowest BCUT2D eigenvalue weighted by molar-refractivity contribution is -0.384. The van der Waals surface area contributed by atoms with Crippen LogP contribution in [-0.2, 0) is 14.3 Å². The molecule has 2 heterocycles. The second-order valence-electron chi connectivity index (χ2n) is 6.36. The van der Waals surface area contributed by atoms with Crippen molar-refractivity contribution in [3.63, 3.8) is 0 Å². The van der Waals surface area contributed by atoms with Gasteiger partial charge in [-0.3, -0.25) is 24.5 Å². The maximum Gasteiger partial charge on any atom is 0.349 e. The lowest BCUT2D eigenvalue weighted by Crippen LogP contribution is -2.58. The van der Waals surface area contributed by atoms with Crippen LogP contribution in [0.5, 0.6) is 5.75 Å². The van der Waals surface area contributed by atoms with E-state index < -0.39 is 46.4 Å². The number of methoxy groups -OCH3 is 2. The number of nitro benzene ring substituents is 1. The third kappa shape index (κ3) is 3.79. The highest BCUT2D eigenvalue weighted by atomic mass is 16.6. The third-order valence-corrected chi connectivity index (χ3v) is 4.62. The van der Waals surface area contributed by atoms with Crippen molar-refractivity contribution >= 4 is 34.4 Å². The fourth-order valence-electron chi connectivity index (χ4n) is 3.15. The Bertz CT molecular complexity index is 1110. The molecule has 0 saturated carbocycles. The van der Waals surface area contributed by atoms with Gasteiger partial charge in [-0.15, -0.1) is 0 Å². The van der Waals surface area contributed by atoms with Crippen molar-refractivity contribution in [1.82, 2.24) is 10.2 Å². The number of non-ortho nitro benzene ring substituents is 1. The summed E-state index contributed by atoms with van der Waals surface area (Å²) in [6.07, 6.45) is -0.397. The molecular weight excluding hydrogens is 402 g/mol. The number of piperazine rings is 1. The van der Waals surface area contributed by atoms with E-state index in [2.05, 4.69) is 10.1 Å². The maximum atomic E-state index is 13.0. The average Bonchev–Trinajstić information content (AvgIpc) is 2.73. The van der Waals surface area contributed by atoms with Gasteiger partial charge >= 0.3 is 11.6 Å². The minimum absolute atomic E-state index is 0.0436. The van der Waals surface area contributed by atoms with Gasteiger partial charge in [-0.05, 0) is 6.07 Å². The Hall–Kier alpha value is -3.96. The number of nitrogens with one attached hydrogen (secondary N) is 1. The van der Waals surface area contributed by atoms with Gasteiger partial charge in [0.2, 0.25) is 5.91 Å². The zero-order chi connectivity index (χ0) is 22.0. The molecule has 0 spiro atoms.